The maximum atomic E-state index is 13.2. The Bertz CT molecular complexity index is 538. The van der Waals surface area contributed by atoms with Crippen molar-refractivity contribution in [3.8, 4) is 17.2 Å². The van der Waals surface area contributed by atoms with Crippen molar-refractivity contribution >= 4 is 0 Å². The molecule has 0 spiro atoms. The SMILES string of the molecule is O=c1[nH]c(O)c(-c2c(F)cccc2F)o1. The zero-order chi connectivity index (χ0) is 11.0. The summed E-state index contributed by atoms with van der Waals surface area (Å²) in [6.45, 7) is 0. The van der Waals surface area contributed by atoms with Gasteiger partial charge in [-0.1, -0.05) is 6.07 Å². The smallest absolute Gasteiger partial charge is 0.419 e. The summed E-state index contributed by atoms with van der Waals surface area (Å²) in [5.41, 5.74) is -0.576. The van der Waals surface area contributed by atoms with E-state index in [-0.39, 0.29) is 0 Å². The van der Waals surface area contributed by atoms with Crippen LogP contribution in [-0.2, 0) is 0 Å². The van der Waals surface area contributed by atoms with E-state index in [0.717, 1.165) is 18.2 Å². The van der Waals surface area contributed by atoms with Crippen LogP contribution in [0.3, 0.4) is 0 Å². The molecule has 0 radical (unpaired) electrons. The van der Waals surface area contributed by atoms with E-state index in [9.17, 15) is 13.6 Å². The van der Waals surface area contributed by atoms with E-state index in [1.54, 1.807) is 0 Å². The highest BCUT2D eigenvalue weighted by Gasteiger charge is 2.19. The van der Waals surface area contributed by atoms with Crippen LogP contribution in [0.2, 0.25) is 0 Å². The number of aromatic nitrogens is 1. The van der Waals surface area contributed by atoms with E-state index >= 15 is 0 Å². The van der Waals surface area contributed by atoms with Crippen LogP contribution in [-0.4, -0.2) is 10.1 Å². The van der Waals surface area contributed by atoms with Crippen molar-refractivity contribution in [3.05, 3.63) is 40.4 Å². The van der Waals surface area contributed by atoms with Gasteiger partial charge in [0.1, 0.15) is 11.6 Å². The van der Waals surface area contributed by atoms with Gasteiger partial charge in [-0.25, -0.2) is 13.6 Å². The zero-order valence-corrected chi connectivity index (χ0v) is 7.25. The van der Waals surface area contributed by atoms with E-state index in [1.165, 1.54) is 0 Å². The molecule has 0 saturated carbocycles. The van der Waals surface area contributed by atoms with Crippen LogP contribution >= 0.6 is 0 Å². The lowest BCUT2D eigenvalue weighted by molar-refractivity contribution is 0.449. The minimum absolute atomic E-state index is 0.546. The molecule has 0 aliphatic carbocycles. The molecule has 0 saturated heterocycles. The predicted octanol–water partition coefficient (Wildman–Crippen LogP) is 1.62. The van der Waals surface area contributed by atoms with Crippen LogP contribution in [0.1, 0.15) is 0 Å². The van der Waals surface area contributed by atoms with Gasteiger partial charge >= 0.3 is 5.76 Å². The van der Waals surface area contributed by atoms with Crippen molar-refractivity contribution in [1.82, 2.24) is 4.98 Å². The highest BCUT2D eigenvalue weighted by Crippen LogP contribution is 2.30. The first-order valence-electron chi connectivity index (χ1n) is 3.96. The van der Waals surface area contributed by atoms with Gasteiger partial charge in [-0.15, -0.1) is 0 Å². The lowest BCUT2D eigenvalue weighted by Crippen LogP contribution is -1.93. The van der Waals surface area contributed by atoms with E-state index in [1.807, 2.05) is 4.98 Å². The fraction of sp³-hybridized carbons (Fsp3) is 0. The lowest BCUT2D eigenvalue weighted by Gasteiger charge is -2.00. The normalized spacial score (nSPS) is 10.5. The number of H-pyrrole nitrogens is 1. The molecule has 2 N–H and O–H groups in total. The summed E-state index contributed by atoms with van der Waals surface area (Å²) in [5.74, 6) is -4.08. The first kappa shape index (κ1) is 9.45. The monoisotopic (exact) mass is 213 g/mol. The molecule has 0 atom stereocenters. The first-order valence-corrected chi connectivity index (χ1v) is 3.96. The van der Waals surface area contributed by atoms with Gasteiger partial charge in [0.05, 0.1) is 5.56 Å². The van der Waals surface area contributed by atoms with Gasteiger partial charge in [0, 0.05) is 0 Å². The zero-order valence-electron chi connectivity index (χ0n) is 7.25. The van der Waals surface area contributed by atoms with Gasteiger partial charge < -0.3 is 9.52 Å². The minimum atomic E-state index is -0.981. The Morgan fingerprint density at radius 3 is 2.33 bits per heavy atom. The summed E-state index contributed by atoms with van der Waals surface area (Å²) in [6, 6.07) is 3.14. The summed E-state index contributed by atoms with van der Waals surface area (Å²) in [5, 5.41) is 9.15. The Hall–Kier alpha value is -2.11. The highest BCUT2D eigenvalue weighted by molar-refractivity contribution is 5.63. The van der Waals surface area contributed by atoms with Gasteiger partial charge in [0.15, 0.2) is 0 Å². The fourth-order valence-corrected chi connectivity index (χ4v) is 1.20. The maximum absolute atomic E-state index is 13.2. The Balaban J connectivity index is 2.74. The molecule has 2 aromatic rings. The molecule has 1 aromatic heterocycles. The number of benzene rings is 1. The quantitative estimate of drug-likeness (QED) is 0.756. The van der Waals surface area contributed by atoms with Crippen LogP contribution in [0.5, 0.6) is 5.88 Å². The number of hydrogen-bond donors (Lipinski definition) is 2. The molecule has 0 aliphatic rings. The summed E-state index contributed by atoms with van der Waals surface area (Å²) in [6.07, 6.45) is 0. The van der Waals surface area contributed by atoms with E-state index in [4.69, 9.17) is 5.11 Å². The lowest BCUT2D eigenvalue weighted by atomic mass is 10.1. The van der Waals surface area contributed by atoms with Crippen LogP contribution in [0, 0.1) is 11.6 Å². The fourth-order valence-electron chi connectivity index (χ4n) is 1.20. The number of rotatable bonds is 1. The van der Waals surface area contributed by atoms with Crippen LogP contribution < -0.4 is 5.76 Å². The second kappa shape index (κ2) is 3.23. The predicted molar refractivity (Wildman–Crippen MR) is 46.3 cm³/mol. The third-order valence-electron chi connectivity index (χ3n) is 1.82. The molecule has 0 bridgehead atoms. The Labute approximate surface area is 81.8 Å². The molecule has 0 aliphatic heterocycles. The molecule has 4 nitrogen and oxygen atoms in total. The van der Waals surface area contributed by atoms with Crippen LogP contribution in [0.25, 0.3) is 11.3 Å². The Kier molecular flexibility index (Phi) is 2.03. The first-order chi connectivity index (χ1) is 7.09. The molecule has 78 valence electrons. The molecule has 15 heavy (non-hydrogen) atoms. The molecule has 6 heteroatoms. The van der Waals surface area contributed by atoms with Gasteiger partial charge in [0.25, 0.3) is 0 Å². The second-order valence-corrected chi connectivity index (χ2v) is 2.79. The molecule has 2 rings (SSSR count). The van der Waals surface area contributed by atoms with Crippen molar-refractivity contribution in [2.75, 3.05) is 0 Å². The summed E-state index contributed by atoms with van der Waals surface area (Å²) in [4.78, 5) is 12.5. The van der Waals surface area contributed by atoms with E-state index in [2.05, 4.69) is 4.42 Å². The third-order valence-corrected chi connectivity index (χ3v) is 1.82. The summed E-state index contributed by atoms with van der Waals surface area (Å²) >= 11 is 0. The number of hydrogen-bond acceptors (Lipinski definition) is 3. The van der Waals surface area contributed by atoms with E-state index < -0.39 is 34.6 Å². The number of halogens is 2. The van der Waals surface area contributed by atoms with Crippen molar-refractivity contribution in [2.24, 2.45) is 0 Å². The van der Waals surface area contributed by atoms with Crippen molar-refractivity contribution in [2.45, 2.75) is 0 Å². The average Bonchev–Trinajstić information content (AvgIpc) is 2.45. The molecule has 0 fully saturated rings. The number of aromatic amines is 1. The molecule has 1 heterocycles. The Morgan fingerprint density at radius 2 is 1.87 bits per heavy atom. The summed E-state index contributed by atoms with van der Waals surface area (Å²) < 4.78 is 30.8. The van der Waals surface area contributed by atoms with Gasteiger partial charge in [-0.2, -0.15) is 0 Å². The standard InChI is InChI=1S/C9H5F2NO3/c10-4-2-1-3-5(11)6(4)7-8(13)12-9(14)15-7/h1-3,13H,(H,12,14). The molecular weight excluding hydrogens is 208 g/mol. The van der Waals surface area contributed by atoms with Crippen molar-refractivity contribution in [3.63, 3.8) is 0 Å². The molecule has 0 amide bonds. The van der Waals surface area contributed by atoms with Gasteiger partial charge in [-0.05, 0) is 12.1 Å². The number of oxazole rings is 1. The third kappa shape index (κ3) is 1.50. The van der Waals surface area contributed by atoms with Crippen LogP contribution in [0.15, 0.2) is 27.4 Å². The molecule has 1 aromatic carbocycles. The minimum Gasteiger partial charge on any atom is -0.492 e. The summed E-state index contributed by atoms with van der Waals surface area (Å²) in [7, 11) is 0. The van der Waals surface area contributed by atoms with Gasteiger partial charge in [-0.3, -0.25) is 4.98 Å². The largest absolute Gasteiger partial charge is 0.492 e. The van der Waals surface area contributed by atoms with E-state index in [0.29, 0.717) is 0 Å². The topological polar surface area (TPSA) is 66.2 Å². The molecular formula is C9H5F2NO3. The number of aromatic hydroxyl groups is 1. The van der Waals surface area contributed by atoms with Crippen molar-refractivity contribution < 1.29 is 18.3 Å². The Morgan fingerprint density at radius 1 is 1.27 bits per heavy atom. The molecule has 0 unspecified atom stereocenters. The van der Waals surface area contributed by atoms with Gasteiger partial charge in [0.2, 0.25) is 11.6 Å². The number of nitrogens with one attached hydrogen (secondary N) is 1. The van der Waals surface area contributed by atoms with Crippen LogP contribution in [0.4, 0.5) is 8.78 Å². The highest BCUT2D eigenvalue weighted by atomic mass is 19.1. The second-order valence-electron chi connectivity index (χ2n) is 2.79. The average molecular weight is 213 g/mol. The van der Waals surface area contributed by atoms with Crippen molar-refractivity contribution in [1.29, 1.82) is 0 Å². The maximum Gasteiger partial charge on any atom is 0.419 e.